The van der Waals surface area contributed by atoms with Crippen LogP contribution >= 0.6 is 0 Å². The number of nitrogens with one attached hydrogen (secondary N) is 2. The molecule has 0 saturated carbocycles. The van der Waals surface area contributed by atoms with Crippen molar-refractivity contribution in [2.45, 2.75) is 20.8 Å². The van der Waals surface area contributed by atoms with E-state index in [4.69, 9.17) is 0 Å². The first kappa shape index (κ1) is 14.1. The summed E-state index contributed by atoms with van der Waals surface area (Å²) in [7, 11) is 0. The van der Waals surface area contributed by atoms with Gasteiger partial charge in [0, 0.05) is 27.6 Å². The van der Waals surface area contributed by atoms with Gasteiger partial charge in [-0.25, -0.2) is 0 Å². The van der Waals surface area contributed by atoms with Gasteiger partial charge in [0.15, 0.2) is 0 Å². The minimum atomic E-state index is -0.458. The summed E-state index contributed by atoms with van der Waals surface area (Å²) in [5, 5.41) is 7.40. The van der Waals surface area contributed by atoms with E-state index >= 15 is 0 Å². The van der Waals surface area contributed by atoms with Crippen molar-refractivity contribution >= 4 is 34.5 Å². The summed E-state index contributed by atoms with van der Waals surface area (Å²) in [6.45, 7) is 5.60. The van der Waals surface area contributed by atoms with Gasteiger partial charge in [0.2, 0.25) is 12.3 Å². The Bertz CT molecular complexity index is 657. The predicted octanol–water partition coefficient (Wildman–Crippen LogP) is 3.39. The molecule has 0 bridgehead atoms. The smallest absolute Gasteiger partial charge is 0.229 e. The van der Waals surface area contributed by atoms with E-state index in [1.807, 2.05) is 45.0 Å². The van der Waals surface area contributed by atoms with E-state index in [1.54, 1.807) is 12.1 Å². The zero-order valence-electron chi connectivity index (χ0n) is 11.9. The quantitative estimate of drug-likeness (QED) is 0.840. The van der Waals surface area contributed by atoms with Gasteiger partial charge in [-0.3, -0.25) is 9.59 Å². The van der Waals surface area contributed by atoms with Crippen LogP contribution in [0.2, 0.25) is 0 Å². The van der Waals surface area contributed by atoms with Gasteiger partial charge in [-0.1, -0.05) is 45.0 Å². The van der Waals surface area contributed by atoms with Gasteiger partial charge in [-0.2, -0.15) is 0 Å². The van der Waals surface area contributed by atoms with Crippen LogP contribution in [-0.4, -0.2) is 12.3 Å². The van der Waals surface area contributed by atoms with Crippen molar-refractivity contribution < 1.29 is 9.59 Å². The lowest BCUT2D eigenvalue weighted by Gasteiger charge is -2.19. The summed E-state index contributed by atoms with van der Waals surface area (Å²) in [6.07, 6.45) is 0.648. The first-order valence-corrected chi connectivity index (χ1v) is 6.47. The van der Waals surface area contributed by atoms with Gasteiger partial charge in [0.05, 0.1) is 0 Å². The number of benzene rings is 2. The Hall–Kier alpha value is -2.36. The van der Waals surface area contributed by atoms with Crippen LogP contribution < -0.4 is 10.6 Å². The summed E-state index contributed by atoms with van der Waals surface area (Å²) >= 11 is 0. The van der Waals surface area contributed by atoms with E-state index in [9.17, 15) is 9.59 Å². The summed E-state index contributed by atoms with van der Waals surface area (Å²) in [4.78, 5) is 22.7. The molecule has 0 radical (unpaired) electrons. The SMILES string of the molecule is CC(C)(C)C(=O)Nc1ccc(NC=O)c2ccccc12. The van der Waals surface area contributed by atoms with Gasteiger partial charge in [0.25, 0.3) is 0 Å². The lowest BCUT2D eigenvalue weighted by Crippen LogP contribution is -2.27. The van der Waals surface area contributed by atoms with Gasteiger partial charge in [-0.15, -0.1) is 0 Å². The van der Waals surface area contributed by atoms with Crippen molar-refractivity contribution in [1.82, 2.24) is 0 Å². The number of rotatable bonds is 3. The number of carbonyl (C=O) groups excluding carboxylic acids is 2. The maximum Gasteiger partial charge on any atom is 0.229 e. The zero-order chi connectivity index (χ0) is 14.8. The molecule has 20 heavy (non-hydrogen) atoms. The van der Waals surface area contributed by atoms with Crippen LogP contribution in [0.5, 0.6) is 0 Å². The third-order valence-corrected chi connectivity index (χ3v) is 3.07. The molecule has 0 aromatic heterocycles. The normalized spacial score (nSPS) is 11.2. The molecule has 0 heterocycles. The third-order valence-electron chi connectivity index (χ3n) is 3.07. The summed E-state index contributed by atoms with van der Waals surface area (Å²) in [5.74, 6) is -0.0428. The Kier molecular flexibility index (Phi) is 3.74. The molecular formula is C16H18N2O2. The Morgan fingerprint density at radius 2 is 1.55 bits per heavy atom. The fourth-order valence-electron chi connectivity index (χ4n) is 1.91. The number of anilines is 2. The molecule has 2 amide bonds. The molecule has 2 N–H and O–H groups in total. The van der Waals surface area contributed by atoms with Crippen LogP contribution in [0.4, 0.5) is 11.4 Å². The van der Waals surface area contributed by atoms with Crippen LogP contribution in [0.25, 0.3) is 10.8 Å². The van der Waals surface area contributed by atoms with Crippen molar-refractivity contribution in [3.05, 3.63) is 36.4 Å². The number of carbonyl (C=O) groups is 2. The van der Waals surface area contributed by atoms with E-state index in [0.717, 1.165) is 22.1 Å². The molecule has 0 spiro atoms. The topological polar surface area (TPSA) is 58.2 Å². The molecule has 104 valence electrons. The van der Waals surface area contributed by atoms with Gasteiger partial charge < -0.3 is 10.6 Å². The average molecular weight is 270 g/mol. The Morgan fingerprint density at radius 1 is 1.00 bits per heavy atom. The standard InChI is InChI=1S/C16H18N2O2/c1-16(2,3)15(20)18-14-9-8-13(17-10-19)11-6-4-5-7-12(11)14/h4-10H,1-3H3,(H,17,19)(H,18,20). The second-order valence-electron chi connectivity index (χ2n) is 5.67. The van der Waals surface area contributed by atoms with Crippen molar-refractivity contribution in [3.63, 3.8) is 0 Å². The number of hydrogen-bond donors (Lipinski definition) is 2. The molecule has 4 nitrogen and oxygen atoms in total. The number of amides is 2. The Balaban J connectivity index is 2.48. The first-order valence-electron chi connectivity index (χ1n) is 6.47. The number of fused-ring (bicyclic) bond motifs is 1. The third kappa shape index (κ3) is 2.79. The molecule has 0 unspecified atom stereocenters. The fourth-order valence-corrected chi connectivity index (χ4v) is 1.91. The highest BCUT2D eigenvalue weighted by Gasteiger charge is 2.21. The van der Waals surface area contributed by atoms with Gasteiger partial charge in [0.1, 0.15) is 0 Å². The lowest BCUT2D eigenvalue weighted by molar-refractivity contribution is -0.123. The predicted molar refractivity (Wildman–Crippen MR) is 81.7 cm³/mol. The molecule has 0 fully saturated rings. The zero-order valence-corrected chi connectivity index (χ0v) is 11.9. The second-order valence-corrected chi connectivity index (χ2v) is 5.67. The first-order chi connectivity index (χ1) is 9.43. The maximum absolute atomic E-state index is 12.1. The van der Waals surface area contributed by atoms with E-state index < -0.39 is 5.41 Å². The van der Waals surface area contributed by atoms with Crippen LogP contribution in [0.1, 0.15) is 20.8 Å². The van der Waals surface area contributed by atoms with E-state index in [1.165, 1.54) is 0 Å². The summed E-state index contributed by atoms with van der Waals surface area (Å²) in [6, 6.07) is 11.2. The molecule has 0 atom stereocenters. The highest BCUT2D eigenvalue weighted by molar-refractivity contribution is 6.08. The molecule has 0 aliphatic rings. The van der Waals surface area contributed by atoms with Crippen molar-refractivity contribution in [2.75, 3.05) is 10.6 Å². The molecule has 2 rings (SSSR count). The van der Waals surface area contributed by atoms with E-state index in [-0.39, 0.29) is 5.91 Å². The summed E-state index contributed by atoms with van der Waals surface area (Å²) in [5.41, 5.74) is 1.02. The Morgan fingerprint density at radius 3 is 2.10 bits per heavy atom. The molecule has 0 aliphatic carbocycles. The molecular weight excluding hydrogens is 252 g/mol. The number of hydrogen-bond acceptors (Lipinski definition) is 2. The van der Waals surface area contributed by atoms with E-state index in [2.05, 4.69) is 10.6 Å². The molecule has 2 aromatic carbocycles. The molecule has 0 saturated heterocycles. The Labute approximate surface area is 118 Å². The van der Waals surface area contributed by atoms with Gasteiger partial charge in [-0.05, 0) is 12.1 Å². The van der Waals surface area contributed by atoms with Crippen LogP contribution in [0, 0.1) is 5.41 Å². The fraction of sp³-hybridized carbons (Fsp3) is 0.250. The highest BCUT2D eigenvalue weighted by Crippen LogP contribution is 2.30. The summed E-state index contributed by atoms with van der Waals surface area (Å²) < 4.78 is 0. The van der Waals surface area contributed by atoms with Crippen molar-refractivity contribution in [3.8, 4) is 0 Å². The van der Waals surface area contributed by atoms with Crippen molar-refractivity contribution in [1.29, 1.82) is 0 Å². The maximum atomic E-state index is 12.1. The monoisotopic (exact) mass is 270 g/mol. The van der Waals surface area contributed by atoms with Crippen molar-refractivity contribution in [2.24, 2.45) is 5.41 Å². The lowest BCUT2D eigenvalue weighted by atomic mass is 9.95. The minimum absolute atomic E-state index is 0.0428. The van der Waals surface area contributed by atoms with E-state index in [0.29, 0.717) is 6.41 Å². The van der Waals surface area contributed by atoms with Gasteiger partial charge >= 0.3 is 0 Å². The average Bonchev–Trinajstić information content (AvgIpc) is 2.40. The minimum Gasteiger partial charge on any atom is -0.328 e. The molecule has 2 aromatic rings. The molecule has 4 heteroatoms. The second kappa shape index (κ2) is 5.33. The van der Waals surface area contributed by atoms with Crippen LogP contribution in [-0.2, 0) is 9.59 Å². The highest BCUT2D eigenvalue weighted by atomic mass is 16.2. The van der Waals surface area contributed by atoms with Crippen LogP contribution in [0.3, 0.4) is 0 Å². The largest absolute Gasteiger partial charge is 0.328 e. The van der Waals surface area contributed by atoms with Crippen LogP contribution in [0.15, 0.2) is 36.4 Å². The molecule has 0 aliphatic heterocycles.